The third-order valence-electron chi connectivity index (χ3n) is 4.06. The molecule has 0 atom stereocenters. The smallest absolute Gasteiger partial charge is 0.266 e. The highest BCUT2D eigenvalue weighted by atomic mass is 35.5. The lowest BCUT2D eigenvalue weighted by Crippen LogP contribution is -2.12. The van der Waals surface area contributed by atoms with Crippen molar-refractivity contribution >= 4 is 55.3 Å². The lowest BCUT2D eigenvalue weighted by atomic mass is 10.2. The average Bonchev–Trinajstić information content (AvgIpc) is 3.01. The second kappa shape index (κ2) is 8.55. The molecule has 3 aromatic rings. The second-order valence-corrected chi connectivity index (χ2v) is 9.93. The number of thiophene rings is 1. The molecule has 6 nitrogen and oxygen atoms in total. The number of amides is 2. The zero-order valence-electron chi connectivity index (χ0n) is 15.8. The summed E-state index contributed by atoms with van der Waals surface area (Å²) in [6, 6.07) is 11.0. The largest absolute Gasteiger partial charge is 0.321 e. The van der Waals surface area contributed by atoms with Crippen LogP contribution < -0.4 is 10.6 Å². The van der Waals surface area contributed by atoms with Crippen LogP contribution >= 0.6 is 22.9 Å². The first-order valence-electron chi connectivity index (χ1n) is 8.53. The van der Waals surface area contributed by atoms with Crippen molar-refractivity contribution in [2.45, 2.75) is 11.8 Å². The molecule has 30 heavy (non-hydrogen) atoms. The highest BCUT2D eigenvalue weighted by Gasteiger charge is 2.18. The van der Waals surface area contributed by atoms with E-state index in [1.165, 1.54) is 24.3 Å². The Hall–Kier alpha value is -2.75. The van der Waals surface area contributed by atoms with Gasteiger partial charge in [0.25, 0.3) is 11.8 Å². The van der Waals surface area contributed by atoms with Gasteiger partial charge in [-0.25, -0.2) is 12.8 Å². The maximum atomic E-state index is 13.2. The number of aryl methyl sites for hydroxylation is 1. The monoisotopic (exact) mass is 466 g/mol. The maximum Gasteiger partial charge on any atom is 0.266 e. The summed E-state index contributed by atoms with van der Waals surface area (Å²) in [4.78, 5) is 25.5. The van der Waals surface area contributed by atoms with Crippen molar-refractivity contribution in [2.24, 2.45) is 0 Å². The minimum atomic E-state index is -3.41. The first-order chi connectivity index (χ1) is 14.0. The molecule has 2 amide bonds. The van der Waals surface area contributed by atoms with Crippen LogP contribution in [0.25, 0.3) is 0 Å². The number of carbonyl (C=O) groups is 2. The number of hydrogen-bond acceptors (Lipinski definition) is 5. The first-order valence-corrected chi connectivity index (χ1v) is 11.6. The number of halogens is 2. The topological polar surface area (TPSA) is 92.3 Å². The van der Waals surface area contributed by atoms with Crippen LogP contribution in [0, 0.1) is 12.7 Å². The van der Waals surface area contributed by atoms with Crippen molar-refractivity contribution in [3.8, 4) is 0 Å². The van der Waals surface area contributed by atoms with Gasteiger partial charge in [0.15, 0.2) is 9.84 Å². The number of benzene rings is 2. The van der Waals surface area contributed by atoms with Crippen molar-refractivity contribution < 1.29 is 22.4 Å². The van der Waals surface area contributed by atoms with Gasteiger partial charge in [0, 0.05) is 11.9 Å². The molecule has 0 saturated heterocycles. The molecule has 2 aromatic carbocycles. The van der Waals surface area contributed by atoms with Crippen LogP contribution in [0.5, 0.6) is 0 Å². The molecule has 0 bridgehead atoms. The lowest BCUT2D eigenvalue weighted by molar-refractivity contribution is 0.102. The maximum absolute atomic E-state index is 13.2. The van der Waals surface area contributed by atoms with Gasteiger partial charge >= 0.3 is 0 Å². The van der Waals surface area contributed by atoms with E-state index in [1.54, 1.807) is 19.1 Å². The van der Waals surface area contributed by atoms with E-state index in [-0.39, 0.29) is 15.5 Å². The van der Waals surface area contributed by atoms with Crippen LogP contribution in [0.4, 0.5) is 15.1 Å². The molecule has 3 rings (SSSR count). The van der Waals surface area contributed by atoms with Crippen LogP contribution in [0.2, 0.25) is 5.02 Å². The minimum Gasteiger partial charge on any atom is -0.321 e. The summed E-state index contributed by atoms with van der Waals surface area (Å²) < 4.78 is 36.5. The fraction of sp³-hybridized carbons (Fsp3) is 0.100. The Balaban J connectivity index is 1.77. The van der Waals surface area contributed by atoms with Gasteiger partial charge in [-0.05, 0) is 55.0 Å². The molecule has 1 heterocycles. The van der Waals surface area contributed by atoms with E-state index in [1.807, 2.05) is 0 Å². The predicted molar refractivity (Wildman–Crippen MR) is 116 cm³/mol. The quantitative estimate of drug-likeness (QED) is 0.567. The van der Waals surface area contributed by atoms with Crippen molar-refractivity contribution in [1.82, 2.24) is 0 Å². The molecular weight excluding hydrogens is 451 g/mol. The Morgan fingerprint density at radius 3 is 2.43 bits per heavy atom. The van der Waals surface area contributed by atoms with Crippen molar-refractivity contribution in [3.63, 3.8) is 0 Å². The number of anilines is 2. The van der Waals surface area contributed by atoms with Crippen molar-refractivity contribution in [3.05, 3.63) is 75.4 Å². The normalized spacial score (nSPS) is 11.2. The standard InChI is InChI=1S/C20H16ClFN2O4S2/c1-11-8-17(24-19(25)15-7-6-12(22)9-16(15)21)29-18(11)20(26)23-13-4-3-5-14(10-13)30(2,27)28/h3-10H,1-2H3,(H,23,26)(H,24,25). The third-order valence-corrected chi connectivity index (χ3v) is 6.63. The van der Waals surface area contributed by atoms with Crippen LogP contribution in [0.1, 0.15) is 25.6 Å². The molecule has 0 saturated carbocycles. The fourth-order valence-electron chi connectivity index (χ4n) is 2.61. The zero-order chi connectivity index (χ0) is 22.1. The number of sulfone groups is 1. The molecule has 2 N–H and O–H groups in total. The SMILES string of the molecule is Cc1cc(NC(=O)c2ccc(F)cc2Cl)sc1C(=O)Nc1cccc(S(C)(=O)=O)c1. The summed E-state index contributed by atoms with van der Waals surface area (Å²) in [5, 5.41) is 5.68. The zero-order valence-corrected chi connectivity index (χ0v) is 18.2. The third kappa shape index (κ3) is 5.05. The summed E-state index contributed by atoms with van der Waals surface area (Å²) in [6.07, 6.45) is 1.08. The number of rotatable bonds is 5. The Labute approximate surface area is 181 Å². The lowest BCUT2D eigenvalue weighted by Gasteiger charge is -2.06. The molecule has 0 aliphatic rings. The van der Waals surface area contributed by atoms with Gasteiger partial charge < -0.3 is 10.6 Å². The molecule has 0 aliphatic heterocycles. The van der Waals surface area contributed by atoms with Crippen LogP contribution in [0.15, 0.2) is 53.4 Å². The Morgan fingerprint density at radius 2 is 1.77 bits per heavy atom. The van der Waals surface area contributed by atoms with E-state index in [9.17, 15) is 22.4 Å². The molecule has 0 unspecified atom stereocenters. The predicted octanol–water partition coefficient (Wildman–Crippen LogP) is 4.76. The van der Waals surface area contributed by atoms with Gasteiger partial charge in [-0.3, -0.25) is 9.59 Å². The molecular formula is C20H16ClFN2O4S2. The summed E-state index contributed by atoms with van der Waals surface area (Å²) in [5.41, 5.74) is 1.06. The van der Waals surface area contributed by atoms with E-state index in [4.69, 9.17) is 11.6 Å². The summed E-state index contributed by atoms with van der Waals surface area (Å²) >= 11 is 6.96. The van der Waals surface area contributed by atoms with Crippen molar-refractivity contribution in [2.75, 3.05) is 16.9 Å². The highest BCUT2D eigenvalue weighted by molar-refractivity contribution is 7.90. The Bertz CT molecular complexity index is 1260. The summed E-state index contributed by atoms with van der Waals surface area (Å²) in [7, 11) is -3.41. The van der Waals surface area contributed by atoms with Gasteiger partial charge in [0.05, 0.1) is 25.4 Å². The van der Waals surface area contributed by atoms with Gasteiger partial charge in [0.1, 0.15) is 5.82 Å². The first kappa shape index (κ1) is 21.9. The van der Waals surface area contributed by atoms with Crippen LogP contribution in [0.3, 0.4) is 0 Å². The van der Waals surface area contributed by atoms with Gasteiger partial charge in [-0.15, -0.1) is 11.3 Å². The summed E-state index contributed by atoms with van der Waals surface area (Å²) in [6.45, 7) is 1.71. The minimum absolute atomic E-state index is 0.0236. The van der Waals surface area contributed by atoms with E-state index in [2.05, 4.69) is 10.6 Å². The molecule has 0 aliphatic carbocycles. The van der Waals surface area contributed by atoms with Crippen molar-refractivity contribution in [1.29, 1.82) is 0 Å². The number of carbonyl (C=O) groups excluding carboxylic acids is 2. The fourth-order valence-corrected chi connectivity index (χ4v) is 4.50. The van der Waals surface area contributed by atoms with E-state index in [0.717, 1.165) is 29.7 Å². The van der Waals surface area contributed by atoms with Crippen LogP contribution in [-0.2, 0) is 9.84 Å². The van der Waals surface area contributed by atoms with E-state index in [0.29, 0.717) is 21.1 Å². The molecule has 1 aromatic heterocycles. The molecule has 0 radical (unpaired) electrons. The van der Waals surface area contributed by atoms with E-state index >= 15 is 0 Å². The molecule has 0 fully saturated rings. The summed E-state index contributed by atoms with van der Waals surface area (Å²) in [5.74, 6) is -1.53. The van der Waals surface area contributed by atoms with E-state index < -0.39 is 27.5 Å². The number of hydrogen-bond donors (Lipinski definition) is 2. The van der Waals surface area contributed by atoms with Gasteiger partial charge in [0.2, 0.25) is 0 Å². The van der Waals surface area contributed by atoms with Gasteiger partial charge in [-0.2, -0.15) is 0 Å². The van der Waals surface area contributed by atoms with Crippen LogP contribution in [-0.4, -0.2) is 26.5 Å². The molecule has 156 valence electrons. The second-order valence-electron chi connectivity index (χ2n) is 6.46. The average molecular weight is 467 g/mol. The number of nitrogens with one attached hydrogen (secondary N) is 2. The molecule has 0 spiro atoms. The van der Waals surface area contributed by atoms with Gasteiger partial charge in [-0.1, -0.05) is 17.7 Å². The highest BCUT2D eigenvalue weighted by Crippen LogP contribution is 2.29. The molecule has 10 heteroatoms. The Kier molecular flexibility index (Phi) is 6.25. The Morgan fingerprint density at radius 1 is 1.03 bits per heavy atom.